The highest BCUT2D eigenvalue weighted by molar-refractivity contribution is 8.23. The van der Waals surface area contributed by atoms with Crippen LogP contribution in [0.15, 0.2) is 18.2 Å². The lowest BCUT2D eigenvalue weighted by atomic mass is 10.00. The molecule has 1 fully saturated rings. The van der Waals surface area contributed by atoms with E-state index in [1.54, 1.807) is 0 Å². The first-order chi connectivity index (χ1) is 12.8. The molecule has 1 atom stereocenters. The number of likely N-dealkylation sites (tertiary alicyclic amines) is 1. The first-order valence-corrected chi connectivity index (χ1v) is 10.0. The molecule has 1 aromatic carbocycles. The van der Waals surface area contributed by atoms with Gasteiger partial charge < -0.3 is 15.0 Å². The Kier molecular flexibility index (Phi) is 7.97. The molecule has 0 unspecified atom stereocenters. The molecule has 148 valence electrons. The van der Waals surface area contributed by atoms with Crippen molar-refractivity contribution in [2.75, 3.05) is 24.2 Å². The maximum Gasteiger partial charge on any atom is 0.317 e. The molecule has 0 spiro atoms. The second-order valence-corrected chi connectivity index (χ2v) is 8.08. The molecule has 1 N–H and O–H groups in total. The number of amides is 1. The van der Waals surface area contributed by atoms with E-state index in [-0.39, 0.29) is 11.4 Å². The molecule has 1 aliphatic rings. The Bertz CT molecular complexity index is 710. The monoisotopic (exact) mass is 416 g/mol. The van der Waals surface area contributed by atoms with Gasteiger partial charge in [0.2, 0.25) is 0 Å². The zero-order valence-corrected chi connectivity index (χ0v) is 16.8. The predicted octanol–water partition coefficient (Wildman–Crippen LogP) is 3.59. The molecular formula is C18H22F2N2O3S2. The minimum absolute atomic E-state index is 0.00653. The van der Waals surface area contributed by atoms with E-state index in [2.05, 4.69) is 17.1 Å². The van der Waals surface area contributed by atoms with Crippen molar-refractivity contribution >= 4 is 45.9 Å². The Morgan fingerprint density at radius 3 is 2.67 bits per heavy atom. The molecule has 0 aliphatic carbocycles. The van der Waals surface area contributed by atoms with Crippen molar-refractivity contribution in [2.45, 2.75) is 32.8 Å². The highest BCUT2D eigenvalue weighted by Gasteiger charge is 2.22. The number of nitrogens with one attached hydrogen (secondary N) is 1. The van der Waals surface area contributed by atoms with Gasteiger partial charge in [-0.05, 0) is 37.8 Å². The third kappa shape index (κ3) is 6.73. The molecule has 2 rings (SSSR count). The largest absolute Gasteiger partial charge is 0.452 e. The Morgan fingerprint density at radius 1 is 1.37 bits per heavy atom. The highest BCUT2D eigenvalue weighted by Crippen LogP contribution is 2.20. The summed E-state index contributed by atoms with van der Waals surface area (Å²) < 4.78 is 32.1. The topological polar surface area (TPSA) is 58.6 Å². The van der Waals surface area contributed by atoms with Crippen LogP contribution in [0.3, 0.4) is 0 Å². The van der Waals surface area contributed by atoms with E-state index in [0.717, 1.165) is 38.1 Å². The molecule has 0 bridgehead atoms. The Balaban J connectivity index is 1.75. The fourth-order valence-corrected chi connectivity index (χ4v) is 3.55. The summed E-state index contributed by atoms with van der Waals surface area (Å²) in [6.45, 7) is 5.34. The first-order valence-electron chi connectivity index (χ1n) is 8.63. The number of nitrogens with zero attached hydrogens (tertiary/aromatic N) is 1. The van der Waals surface area contributed by atoms with Crippen LogP contribution in [0.25, 0.3) is 0 Å². The number of halogens is 2. The van der Waals surface area contributed by atoms with E-state index in [1.807, 2.05) is 0 Å². The van der Waals surface area contributed by atoms with E-state index in [4.69, 9.17) is 17.0 Å². The van der Waals surface area contributed by atoms with E-state index in [0.29, 0.717) is 16.3 Å². The van der Waals surface area contributed by atoms with Crippen LogP contribution in [0, 0.1) is 17.6 Å². The second kappa shape index (κ2) is 9.98. The maximum absolute atomic E-state index is 13.6. The number of ether oxygens (including phenoxy) is 1. The van der Waals surface area contributed by atoms with Gasteiger partial charge in [-0.2, -0.15) is 0 Å². The van der Waals surface area contributed by atoms with Gasteiger partial charge in [-0.1, -0.05) is 30.9 Å². The summed E-state index contributed by atoms with van der Waals surface area (Å²) >= 11 is 6.54. The fraction of sp³-hybridized carbons (Fsp3) is 0.500. The zero-order valence-electron chi connectivity index (χ0n) is 15.2. The average molecular weight is 417 g/mol. The second-order valence-electron chi connectivity index (χ2n) is 6.47. The van der Waals surface area contributed by atoms with Gasteiger partial charge >= 0.3 is 5.97 Å². The molecule has 5 nitrogen and oxygen atoms in total. The van der Waals surface area contributed by atoms with Crippen LogP contribution in [0.1, 0.15) is 26.7 Å². The van der Waals surface area contributed by atoms with Crippen LogP contribution in [-0.4, -0.2) is 46.0 Å². The predicted molar refractivity (Wildman–Crippen MR) is 106 cm³/mol. The molecule has 1 heterocycles. The summed E-state index contributed by atoms with van der Waals surface area (Å²) in [5, 5.41) is 2.26. The lowest BCUT2D eigenvalue weighted by Gasteiger charge is -2.31. The smallest absolute Gasteiger partial charge is 0.317 e. The fourth-order valence-electron chi connectivity index (χ4n) is 2.51. The van der Waals surface area contributed by atoms with Crippen molar-refractivity contribution < 1.29 is 23.1 Å². The molecule has 27 heavy (non-hydrogen) atoms. The van der Waals surface area contributed by atoms with Gasteiger partial charge in [-0.3, -0.25) is 9.59 Å². The first kappa shape index (κ1) is 21.6. The summed E-state index contributed by atoms with van der Waals surface area (Å²) in [4.78, 5) is 26.0. The number of benzene rings is 1. The number of anilines is 1. The number of thiocarbonyl (C=S) groups is 1. The van der Waals surface area contributed by atoms with Crippen molar-refractivity contribution in [3.05, 3.63) is 29.8 Å². The number of hydrogen-bond donors (Lipinski definition) is 1. The minimum atomic E-state index is -1.12. The molecule has 1 saturated heterocycles. The van der Waals surface area contributed by atoms with Crippen LogP contribution in [-0.2, 0) is 14.3 Å². The molecule has 0 aromatic heterocycles. The van der Waals surface area contributed by atoms with Crippen LogP contribution >= 0.6 is 24.0 Å². The third-order valence-corrected chi connectivity index (χ3v) is 5.72. The zero-order chi connectivity index (χ0) is 20.0. The van der Waals surface area contributed by atoms with Crippen LogP contribution in [0.5, 0.6) is 0 Å². The third-order valence-electron chi connectivity index (χ3n) is 4.22. The van der Waals surface area contributed by atoms with Gasteiger partial charge in [-0.15, -0.1) is 0 Å². The number of hydrogen-bond acceptors (Lipinski definition) is 5. The van der Waals surface area contributed by atoms with Crippen molar-refractivity contribution in [1.29, 1.82) is 0 Å². The van der Waals surface area contributed by atoms with Crippen molar-refractivity contribution in [2.24, 2.45) is 5.92 Å². The number of carbonyl (C=O) groups is 2. The number of thioether (sulfide) groups is 1. The van der Waals surface area contributed by atoms with Gasteiger partial charge in [0.05, 0.1) is 11.4 Å². The van der Waals surface area contributed by atoms with Gasteiger partial charge in [0.25, 0.3) is 5.91 Å². The molecule has 1 amide bonds. The summed E-state index contributed by atoms with van der Waals surface area (Å²) in [5.74, 6) is -2.27. The number of esters is 1. The van der Waals surface area contributed by atoms with E-state index >= 15 is 0 Å². The normalized spacial score (nSPS) is 15.9. The summed E-state index contributed by atoms with van der Waals surface area (Å²) in [7, 11) is 0. The lowest BCUT2D eigenvalue weighted by Crippen LogP contribution is -2.36. The van der Waals surface area contributed by atoms with E-state index in [9.17, 15) is 18.4 Å². The Hall–Kier alpha value is -1.74. The summed E-state index contributed by atoms with van der Waals surface area (Å²) in [6.07, 6.45) is 1.02. The molecule has 0 saturated carbocycles. The Labute approximate surface area is 166 Å². The molecule has 1 aromatic rings. The molecule has 0 radical (unpaired) electrons. The quantitative estimate of drug-likeness (QED) is 0.585. The number of carbonyl (C=O) groups excluding carboxylic acids is 2. The van der Waals surface area contributed by atoms with E-state index < -0.39 is 29.6 Å². The maximum atomic E-state index is 13.6. The molecule has 1 aliphatic heterocycles. The summed E-state index contributed by atoms with van der Waals surface area (Å²) in [6, 6.07) is 2.78. The van der Waals surface area contributed by atoms with Crippen molar-refractivity contribution in [3.8, 4) is 0 Å². The highest BCUT2D eigenvalue weighted by atomic mass is 32.2. The standard InChI is InChI=1S/C18H22F2N2O3S2/c1-11-5-7-22(8-6-11)18(26)27-10-16(23)25-12(2)17(24)21-15-4-3-13(19)9-14(15)20/h3-4,9,11-12H,5-8,10H2,1-2H3,(H,21,24)/t12-/m0/s1. The number of rotatable bonds is 5. The molecular weight excluding hydrogens is 394 g/mol. The van der Waals surface area contributed by atoms with E-state index in [1.165, 1.54) is 18.7 Å². The summed E-state index contributed by atoms with van der Waals surface area (Å²) in [5.41, 5.74) is -0.181. The minimum Gasteiger partial charge on any atom is -0.452 e. The van der Waals surface area contributed by atoms with Gasteiger partial charge in [-0.25, -0.2) is 8.78 Å². The molecule has 9 heteroatoms. The van der Waals surface area contributed by atoms with Crippen molar-refractivity contribution in [3.63, 3.8) is 0 Å². The van der Waals surface area contributed by atoms with Crippen LogP contribution in [0.2, 0.25) is 0 Å². The van der Waals surface area contributed by atoms with Gasteiger partial charge in [0.1, 0.15) is 16.0 Å². The SMILES string of the molecule is CC1CCN(C(=S)SCC(=O)O[C@@H](C)C(=O)Nc2ccc(F)cc2F)CC1. The van der Waals surface area contributed by atoms with Gasteiger partial charge in [0.15, 0.2) is 6.10 Å². The lowest BCUT2D eigenvalue weighted by molar-refractivity contribution is -0.150. The Morgan fingerprint density at radius 2 is 2.04 bits per heavy atom. The average Bonchev–Trinajstić information content (AvgIpc) is 2.62. The van der Waals surface area contributed by atoms with Crippen molar-refractivity contribution in [1.82, 2.24) is 4.90 Å². The number of piperidine rings is 1. The van der Waals surface area contributed by atoms with Crippen LogP contribution < -0.4 is 5.32 Å². The van der Waals surface area contributed by atoms with Gasteiger partial charge in [0, 0.05) is 19.2 Å². The van der Waals surface area contributed by atoms with Crippen LogP contribution in [0.4, 0.5) is 14.5 Å².